The van der Waals surface area contributed by atoms with Gasteiger partial charge in [-0.15, -0.1) is 0 Å². The second-order valence-corrected chi connectivity index (χ2v) is 5.65. The van der Waals surface area contributed by atoms with Crippen LogP contribution in [0.1, 0.15) is 25.3 Å². The van der Waals surface area contributed by atoms with E-state index in [1.54, 1.807) is 13.8 Å². The standard InChI is InChI=1S/C11H16NO6P/c1-3-17-19(16,18-4-2)11(13)9-7-5-6-8-10(9)12(14)15/h5-8,11,13H,3-4H2,1-2H3/t11-/m0/s1. The van der Waals surface area contributed by atoms with E-state index in [4.69, 9.17) is 9.05 Å². The Kier molecular flexibility index (Phi) is 5.62. The van der Waals surface area contributed by atoms with E-state index in [1.807, 2.05) is 0 Å². The summed E-state index contributed by atoms with van der Waals surface area (Å²) in [6.07, 6.45) is 0. The summed E-state index contributed by atoms with van der Waals surface area (Å²) < 4.78 is 22.3. The van der Waals surface area contributed by atoms with Gasteiger partial charge in [-0.2, -0.15) is 0 Å². The summed E-state index contributed by atoms with van der Waals surface area (Å²) in [5.41, 5.74) is -0.410. The Morgan fingerprint density at radius 2 is 1.84 bits per heavy atom. The first-order chi connectivity index (χ1) is 8.96. The van der Waals surface area contributed by atoms with E-state index in [2.05, 4.69) is 0 Å². The van der Waals surface area contributed by atoms with Crippen molar-refractivity contribution in [1.29, 1.82) is 0 Å². The molecule has 0 aliphatic carbocycles. The molecule has 0 heterocycles. The lowest BCUT2D eigenvalue weighted by Crippen LogP contribution is -2.08. The van der Waals surface area contributed by atoms with E-state index >= 15 is 0 Å². The average molecular weight is 289 g/mol. The van der Waals surface area contributed by atoms with Crippen LogP contribution in [-0.4, -0.2) is 23.2 Å². The molecule has 1 aromatic rings. The zero-order chi connectivity index (χ0) is 14.5. The molecule has 1 N–H and O–H groups in total. The minimum atomic E-state index is -3.85. The van der Waals surface area contributed by atoms with Crippen molar-refractivity contribution in [3.8, 4) is 0 Å². The van der Waals surface area contributed by atoms with Gasteiger partial charge in [-0.25, -0.2) is 0 Å². The average Bonchev–Trinajstić information content (AvgIpc) is 2.38. The first-order valence-electron chi connectivity index (χ1n) is 5.76. The second-order valence-electron chi connectivity index (χ2n) is 3.56. The number of rotatable bonds is 7. The lowest BCUT2D eigenvalue weighted by Gasteiger charge is -2.22. The molecule has 0 saturated heterocycles. The highest BCUT2D eigenvalue weighted by Crippen LogP contribution is 2.60. The van der Waals surface area contributed by atoms with Crippen LogP contribution >= 0.6 is 7.60 Å². The van der Waals surface area contributed by atoms with Crippen molar-refractivity contribution >= 4 is 13.3 Å². The molecule has 0 aliphatic heterocycles. The van der Waals surface area contributed by atoms with E-state index in [1.165, 1.54) is 24.3 Å². The highest BCUT2D eigenvalue weighted by atomic mass is 31.2. The number of aliphatic hydroxyl groups excluding tert-OH is 1. The Morgan fingerprint density at radius 1 is 1.32 bits per heavy atom. The summed E-state index contributed by atoms with van der Waals surface area (Å²) in [6.45, 7) is 3.32. The van der Waals surface area contributed by atoms with Crippen LogP contribution in [0, 0.1) is 10.1 Å². The fourth-order valence-electron chi connectivity index (χ4n) is 1.58. The third-order valence-corrected chi connectivity index (χ3v) is 4.44. The van der Waals surface area contributed by atoms with Crippen LogP contribution in [0.25, 0.3) is 0 Å². The number of nitro benzene ring substituents is 1. The largest absolute Gasteiger partial charge is 0.376 e. The SMILES string of the molecule is CCOP(=O)(OCC)[C@H](O)c1ccccc1[N+](=O)[O-]. The number of benzene rings is 1. The Labute approximate surface area is 110 Å². The van der Waals surface area contributed by atoms with Gasteiger partial charge in [0.15, 0.2) is 5.85 Å². The Hall–Kier alpha value is -1.27. The molecule has 0 aliphatic rings. The van der Waals surface area contributed by atoms with Crippen molar-refractivity contribution in [2.45, 2.75) is 19.7 Å². The number of hydrogen-bond acceptors (Lipinski definition) is 6. The topological polar surface area (TPSA) is 98.9 Å². The van der Waals surface area contributed by atoms with Gasteiger partial charge in [0.1, 0.15) is 0 Å². The van der Waals surface area contributed by atoms with Crippen molar-refractivity contribution in [3.05, 3.63) is 39.9 Å². The maximum Gasteiger partial charge on any atom is 0.363 e. The van der Waals surface area contributed by atoms with Crippen LogP contribution in [0.3, 0.4) is 0 Å². The summed E-state index contributed by atoms with van der Waals surface area (Å²) in [7, 11) is -3.85. The maximum atomic E-state index is 12.4. The van der Waals surface area contributed by atoms with Gasteiger partial charge in [-0.3, -0.25) is 14.7 Å². The Morgan fingerprint density at radius 3 is 2.32 bits per heavy atom. The molecular formula is C11H16NO6P. The van der Waals surface area contributed by atoms with Crippen molar-refractivity contribution in [1.82, 2.24) is 0 Å². The van der Waals surface area contributed by atoms with Gasteiger partial charge in [0, 0.05) is 6.07 Å². The van der Waals surface area contributed by atoms with Crippen molar-refractivity contribution in [2.75, 3.05) is 13.2 Å². The fourth-order valence-corrected chi connectivity index (χ4v) is 3.22. The summed E-state index contributed by atoms with van der Waals surface area (Å²) in [5, 5.41) is 21.0. The van der Waals surface area contributed by atoms with Gasteiger partial charge in [0.05, 0.1) is 23.7 Å². The number of para-hydroxylation sites is 1. The minimum absolute atomic E-state index is 0.0645. The first kappa shape index (κ1) is 15.8. The van der Waals surface area contributed by atoms with Crippen LogP contribution in [0.15, 0.2) is 24.3 Å². The minimum Gasteiger partial charge on any atom is -0.376 e. The molecule has 0 amide bonds. The maximum absolute atomic E-state index is 12.4. The van der Waals surface area contributed by atoms with E-state index in [9.17, 15) is 19.8 Å². The van der Waals surface area contributed by atoms with Gasteiger partial charge < -0.3 is 14.2 Å². The van der Waals surface area contributed by atoms with Crippen molar-refractivity contribution < 1.29 is 23.6 Å². The molecule has 0 fully saturated rings. The third kappa shape index (κ3) is 3.61. The lowest BCUT2D eigenvalue weighted by molar-refractivity contribution is -0.386. The Balaban J connectivity index is 3.20. The molecule has 19 heavy (non-hydrogen) atoms. The lowest BCUT2D eigenvalue weighted by atomic mass is 10.2. The summed E-state index contributed by atoms with van der Waals surface area (Å²) in [6, 6.07) is 5.52. The van der Waals surface area contributed by atoms with Gasteiger partial charge in [0.25, 0.3) is 5.69 Å². The molecule has 1 atom stereocenters. The normalized spacial score (nSPS) is 13.2. The molecular weight excluding hydrogens is 273 g/mol. The first-order valence-corrected chi connectivity index (χ1v) is 7.37. The monoisotopic (exact) mass is 289 g/mol. The summed E-state index contributed by atoms with van der Waals surface area (Å²) >= 11 is 0. The van der Waals surface area contributed by atoms with E-state index in [-0.39, 0.29) is 24.5 Å². The van der Waals surface area contributed by atoms with Crippen LogP contribution in [0.2, 0.25) is 0 Å². The van der Waals surface area contributed by atoms with Crippen LogP contribution in [0.4, 0.5) is 5.69 Å². The van der Waals surface area contributed by atoms with Gasteiger partial charge in [-0.1, -0.05) is 12.1 Å². The second kappa shape index (κ2) is 6.77. The predicted octanol–water partition coefficient (Wildman–Crippen LogP) is 2.85. The number of nitro groups is 1. The molecule has 0 saturated carbocycles. The molecule has 0 unspecified atom stereocenters. The van der Waals surface area contributed by atoms with Crippen LogP contribution < -0.4 is 0 Å². The molecule has 0 aromatic heterocycles. The highest BCUT2D eigenvalue weighted by molar-refractivity contribution is 7.54. The highest BCUT2D eigenvalue weighted by Gasteiger charge is 2.38. The molecule has 7 nitrogen and oxygen atoms in total. The molecule has 1 rings (SSSR count). The van der Waals surface area contributed by atoms with Gasteiger partial charge in [0.2, 0.25) is 0 Å². The van der Waals surface area contributed by atoms with Crippen molar-refractivity contribution in [3.63, 3.8) is 0 Å². The molecule has 0 spiro atoms. The van der Waals surface area contributed by atoms with E-state index in [0.717, 1.165) is 0 Å². The molecule has 106 valence electrons. The molecule has 8 heteroatoms. The number of nitrogens with zero attached hydrogens (tertiary/aromatic N) is 1. The predicted molar refractivity (Wildman–Crippen MR) is 68.9 cm³/mol. The van der Waals surface area contributed by atoms with E-state index < -0.39 is 18.4 Å². The summed E-state index contributed by atoms with van der Waals surface area (Å²) in [4.78, 5) is 10.2. The van der Waals surface area contributed by atoms with Crippen LogP contribution in [-0.2, 0) is 13.6 Å². The zero-order valence-electron chi connectivity index (χ0n) is 10.7. The Bertz CT molecular complexity index is 482. The quantitative estimate of drug-likeness (QED) is 0.470. The fraction of sp³-hybridized carbons (Fsp3) is 0.455. The zero-order valence-corrected chi connectivity index (χ0v) is 11.6. The third-order valence-electron chi connectivity index (χ3n) is 2.33. The van der Waals surface area contributed by atoms with Gasteiger partial charge >= 0.3 is 7.60 Å². The van der Waals surface area contributed by atoms with Crippen molar-refractivity contribution in [2.24, 2.45) is 0 Å². The van der Waals surface area contributed by atoms with Gasteiger partial charge in [-0.05, 0) is 19.9 Å². The molecule has 0 bridgehead atoms. The summed E-state index contributed by atoms with van der Waals surface area (Å²) in [5.74, 6) is -1.69. The van der Waals surface area contributed by atoms with E-state index in [0.29, 0.717) is 0 Å². The number of hydrogen-bond donors (Lipinski definition) is 1. The molecule has 1 aromatic carbocycles. The van der Waals surface area contributed by atoms with Crippen LogP contribution in [0.5, 0.6) is 0 Å². The molecule has 0 radical (unpaired) electrons. The number of aliphatic hydroxyl groups is 1. The smallest absolute Gasteiger partial charge is 0.363 e.